The molecule has 3 heterocycles. The van der Waals surface area contributed by atoms with Crippen molar-refractivity contribution in [2.45, 2.75) is 45.7 Å². The molecule has 176 valence electrons. The Hall–Kier alpha value is -3.64. The number of benzene rings is 1. The zero-order valence-corrected chi connectivity index (χ0v) is 20.1. The molecule has 1 unspecified atom stereocenters. The third kappa shape index (κ3) is 5.46. The first-order valence-corrected chi connectivity index (χ1v) is 12.1. The molecule has 4 rings (SSSR count). The molecule has 0 aliphatic carbocycles. The summed E-state index contributed by atoms with van der Waals surface area (Å²) in [5, 5.41) is 13.2. The second-order valence-corrected chi connectivity index (χ2v) is 9.53. The molecule has 3 aromatic rings. The number of carbonyl (C=O) groups excluding carboxylic acids is 2. The smallest absolute Gasteiger partial charge is 0.410 e. The number of aromatic nitrogens is 2. The summed E-state index contributed by atoms with van der Waals surface area (Å²) in [7, 11) is 0. The zero-order chi connectivity index (χ0) is 24.1. The lowest BCUT2D eigenvalue weighted by Gasteiger charge is -2.26. The molecular weight excluding hydrogens is 450 g/mol. The third-order valence-electron chi connectivity index (χ3n) is 5.88. The maximum atomic E-state index is 12.7. The average Bonchev–Trinajstić information content (AvgIpc) is 3.40. The van der Waals surface area contributed by atoms with E-state index in [1.54, 1.807) is 11.2 Å². The fourth-order valence-electron chi connectivity index (χ4n) is 4.04. The van der Waals surface area contributed by atoms with Crippen molar-refractivity contribution >= 4 is 28.3 Å². The van der Waals surface area contributed by atoms with Gasteiger partial charge in [-0.2, -0.15) is 5.26 Å². The van der Waals surface area contributed by atoms with Gasteiger partial charge < -0.3 is 19.5 Å². The Balaban J connectivity index is 1.35. The van der Waals surface area contributed by atoms with Gasteiger partial charge in [0.05, 0.1) is 30.7 Å². The lowest BCUT2D eigenvalue weighted by atomic mass is 9.97. The van der Waals surface area contributed by atoms with Crippen LogP contribution in [0, 0.1) is 18.3 Å². The van der Waals surface area contributed by atoms with Gasteiger partial charge in [0.25, 0.3) is 0 Å². The highest BCUT2D eigenvalue weighted by Crippen LogP contribution is 2.37. The molecule has 1 aliphatic heterocycles. The fraction of sp³-hybridized carbons (Fsp3) is 0.360. The molecule has 9 heteroatoms. The number of nitrogens with one attached hydrogen (secondary N) is 1. The highest BCUT2D eigenvalue weighted by molar-refractivity contribution is 7.16. The first-order chi connectivity index (χ1) is 16.4. The van der Waals surface area contributed by atoms with Gasteiger partial charge in [-0.25, -0.2) is 9.78 Å². The number of rotatable bonds is 7. The van der Waals surface area contributed by atoms with Gasteiger partial charge in [-0.15, -0.1) is 11.3 Å². The largest absolute Gasteiger partial charge is 0.448 e. The molecule has 0 saturated heterocycles. The SMILES string of the molecule is Cc1cn(CCOC(=O)N2CCc3c(sc(NC(=O)CC(C)c4ccccc4)c3C#N)C2)cn1. The first-order valence-electron chi connectivity index (χ1n) is 11.2. The summed E-state index contributed by atoms with van der Waals surface area (Å²) in [5.74, 6) is -0.0599. The Bertz CT molecular complexity index is 1210. The summed E-state index contributed by atoms with van der Waals surface area (Å²) in [5.41, 5.74) is 3.43. The summed E-state index contributed by atoms with van der Waals surface area (Å²) >= 11 is 1.37. The Kier molecular flexibility index (Phi) is 7.28. The number of nitrogens with zero attached hydrogens (tertiary/aromatic N) is 4. The van der Waals surface area contributed by atoms with E-state index in [0.717, 1.165) is 21.7 Å². The number of hydrogen-bond donors (Lipinski definition) is 1. The van der Waals surface area contributed by atoms with Gasteiger partial charge in [0.15, 0.2) is 0 Å². The van der Waals surface area contributed by atoms with Crippen molar-refractivity contribution in [1.29, 1.82) is 5.26 Å². The molecule has 1 N–H and O–H groups in total. The highest BCUT2D eigenvalue weighted by Gasteiger charge is 2.28. The lowest BCUT2D eigenvalue weighted by Crippen LogP contribution is -2.36. The van der Waals surface area contributed by atoms with E-state index in [9.17, 15) is 14.9 Å². The lowest BCUT2D eigenvalue weighted by molar-refractivity contribution is -0.116. The molecule has 34 heavy (non-hydrogen) atoms. The van der Waals surface area contributed by atoms with Crippen LogP contribution in [-0.4, -0.2) is 39.6 Å². The predicted molar refractivity (Wildman–Crippen MR) is 130 cm³/mol. The van der Waals surface area contributed by atoms with E-state index in [1.165, 1.54) is 11.3 Å². The van der Waals surface area contributed by atoms with E-state index in [2.05, 4.69) is 16.4 Å². The summed E-state index contributed by atoms with van der Waals surface area (Å²) in [6.07, 6.45) is 4.11. The fourth-order valence-corrected chi connectivity index (χ4v) is 5.27. The van der Waals surface area contributed by atoms with Crippen LogP contribution in [0.1, 0.15) is 46.5 Å². The Morgan fingerprint density at radius 1 is 1.32 bits per heavy atom. The van der Waals surface area contributed by atoms with E-state index in [1.807, 2.05) is 54.9 Å². The highest BCUT2D eigenvalue weighted by atomic mass is 32.1. The van der Waals surface area contributed by atoms with Crippen molar-refractivity contribution in [2.75, 3.05) is 18.5 Å². The van der Waals surface area contributed by atoms with Crippen molar-refractivity contribution < 1.29 is 14.3 Å². The van der Waals surface area contributed by atoms with Crippen LogP contribution in [0.25, 0.3) is 0 Å². The average molecular weight is 478 g/mol. The Morgan fingerprint density at radius 2 is 2.12 bits per heavy atom. The molecule has 0 bridgehead atoms. The number of thiophene rings is 1. The molecule has 1 aromatic carbocycles. The van der Waals surface area contributed by atoms with Crippen LogP contribution in [-0.2, 0) is 29.0 Å². The minimum atomic E-state index is -0.378. The molecule has 2 amide bonds. The van der Waals surface area contributed by atoms with Gasteiger partial charge in [0, 0.05) is 24.0 Å². The van der Waals surface area contributed by atoms with Crippen LogP contribution in [0.2, 0.25) is 0 Å². The minimum absolute atomic E-state index is 0.0674. The summed E-state index contributed by atoms with van der Waals surface area (Å²) in [4.78, 5) is 31.9. The zero-order valence-electron chi connectivity index (χ0n) is 19.3. The van der Waals surface area contributed by atoms with Gasteiger partial charge in [-0.1, -0.05) is 37.3 Å². The molecule has 2 aromatic heterocycles. The number of hydrogen-bond acceptors (Lipinski definition) is 6. The van der Waals surface area contributed by atoms with Crippen LogP contribution in [0.3, 0.4) is 0 Å². The predicted octanol–water partition coefficient (Wildman–Crippen LogP) is 4.45. The topological polar surface area (TPSA) is 100 Å². The number of fused-ring (bicyclic) bond motifs is 1. The maximum Gasteiger partial charge on any atom is 0.410 e. The van der Waals surface area contributed by atoms with Crippen molar-refractivity contribution in [3.8, 4) is 6.07 Å². The van der Waals surface area contributed by atoms with Gasteiger partial charge in [-0.3, -0.25) is 4.79 Å². The van der Waals surface area contributed by atoms with Gasteiger partial charge in [-0.05, 0) is 30.4 Å². The Labute approximate surface area is 202 Å². The normalized spacial score (nSPS) is 13.6. The summed E-state index contributed by atoms with van der Waals surface area (Å²) in [6.45, 7) is 5.56. The van der Waals surface area contributed by atoms with Crippen LogP contribution < -0.4 is 5.32 Å². The van der Waals surface area contributed by atoms with Crippen molar-refractivity contribution in [3.63, 3.8) is 0 Å². The first kappa shape index (κ1) is 23.5. The van der Waals surface area contributed by atoms with Crippen molar-refractivity contribution in [1.82, 2.24) is 14.5 Å². The maximum absolute atomic E-state index is 12.7. The van der Waals surface area contributed by atoms with Crippen LogP contribution in [0.4, 0.5) is 9.80 Å². The number of aryl methyl sites for hydroxylation is 1. The molecule has 1 atom stereocenters. The molecule has 0 radical (unpaired) electrons. The minimum Gasteiger partial charge on any atom is -0.448 e. The molecule has 0 fully saturated rings. The van der Waals surface area contributed by atoms with E-state index in [-0.39, 0.29) is 24.5 Å². The van der Waals surface area contributed by atoms with E-state index >= 15 is 0 Å². The van der Waals surface area contributed by atoms with Gasteiger partial charge >= 0.3 is 6.09 Å². The molecule has 1 aliphatic rings. The monoisotopic (exact) mass is 477 g/mol. The molecule has 0 saturated carbocycles. The van der Waals surface area contributed by atoms with Crippen LogP contribution in [0.5, 0.6) is 0 Å². The Morgan fingerprint density at radius 3 is 2.82 bits per heavy atom. The number of anilines is 1. The third-order valence-corrected chi connectivity index (χ3v) is 7.01. The van der Waals surface area contributed by atoms with Crippen LogP contribution in [0.15, 0.2) is 42.9 Å². The van der Waals surface area contributed by atoms with E-state index in [0.29, 0.717) is 43.0 Å². The number of ether oxygens (including phenoxy) is 1. The number of carbonyl (C=O) groups is 2. The quantitative estimate of drug-likeness (QED) is 0.542. The number of amides is 2. The molecule has 8 nitrogen and oxygen atoms in total. The van der Waals surface area contributed by atoms with E-state index in [4.69, 9.17) is 4.74 Å². The standard InChI is InChI=1S/C25H27N5O3S/c1-17(19-6-4-3-5-7-19)12-23(31)28-24-21(13-26)20-8-9-30(15-22(20)34-24)25(32)33-11-10-29-14-18(2)27-16-29/h3-7,14,16-17H,8-12,15H2,1-2H3,(H,28,31). The number of imidazole rings is 1. The van der Waals surface area contributed by atoms with E-state index < -0.39 is 0 Å². The molecular formula is C25H27N5O3S. The van der Waals surface area contributed by atoms with Gasteiger partial charge in [0.2, 0.25) is 5.91 Å². The van der Waals surface area contributed by atoms with Crippen molar-refractivity contribution in [2.24, 2.45) is 0 Å². The summed E-state index contributed by atoms with van der Waals surface area (Å²) < 4.78 is 7.31. The van der Waals surface area contributed by atoms with Gasteiger partial charge in [0.1, 0.15) is 17.7 Å². The second kappa shape index (κ2) is 10.5. The number of nitriles is 1. The summed E-state index contributed by atoms with van der Waals surface area (Å²) in [6, 6.07) is 12.1. The van der Waals surface area contributed by atoms with Crippen LogP contribution >= 0.6 is 11.3 Å². The van der Waals surface area contributed by atoms with Crippen molar-refractivity contribution in [3.05, 3.63) is 70.1 Å². The second-order valence-electron chi connectivity index (χ2n) is 8.42. The molecule has 0 spiro atoms.